The van der Waals surface area contributed by atoms with Crippen molar-refractivity contribution in [2.75, 3.05) is 17.7 Å². The summed E-state index contributed by atoms with van der Waals surface area (Å²) in [5.41, 5.74) is 1.40. The first-order valence-electron chi connectivity index (χ1n) is 6.04. The summed E-state index contributed by atoms with van der Waals surface area (Å²) >= 11 is 5.97. The molecule has 0 aromatic heterocycles. The normalized spacial score (nSPS) is 9.57. The van der Waals surface area contributed by atoms with Gasteiger partial charge in [0, 0.05) is 5.69 Å². The number of hydrogen-bond donors (Lipinski definition) is 2. The second-order valence-corrected chi connectivity index (χ2v) is 4.52. The van der Waals surface area contributed by atoms with Crippen molar-refractivity contribution in [3.05, 3.63) is 53.1 Å². The van der Waals surface area contributed by atoms with Gasteiger partial charge in [-0.25, -0.2) is 4.79 Å². The molecule has 5 nitrogen and oxygen atoms in total. The first-order chi connectivity index (χ1) is 10.1. The highest BCUT2D eigenvalue weighted by atomic mass is 35.5. The maximum absolute atomic E-state index is 11.9. The number of hydrogen-bond acceptors (Lipinski definition) is 3. The summed E-state index contributed by atoms with van der Waals surface area (Å²) in [4.78, 5) is 11.9. The van der Waals surface area contributed by atoms with Gasteiger partial charge < -0.3 is 15.4 Å². The zero-order valence-electron chi connectivity index (χ0n) is 11.2. The molecule has 106 valence electrons. The molecule has 2 N–H and O–H groups in total. The number of nitriles is 1. The fourth-order valence-electron chi connectivity index (χ4n) is 1.65. The van der Waals surface area contributed by atoms with E-state index in [0.717, 1.165) is 0 Å². The second kappa shape index (κ2) is 6.64. The van der Waals surface area contributed by atoms with E-state index in [9.17, 15) is 4.79 Å². The number of methoxy groups -OCH3 is 1. The predicted octanol–water partition coefficient (Wildman–Crippen LogP) is 3.86. The van der Waals surface area contributed by atoms with Crippen LogP contribution in [-0.4, -0.2) is 13.1 Å². The molecule has 0 bridgehead atoms. The molecule has 0 saturated carbocycles. The van der Waals surface area contributed by atoms with Gasteiger partial charge in [-0.3, -0.25) is 0 Å². The van der Waals surface area contributed by atoms with Crippen molar-refractivity contribution in [3.63, 3.8) is 0 Å². The van der Waals surface area contributed by atoms with Crippen LogP contribution < -0.4 is 15.4 Å². The van der Waals surface area contributed by atoms with E-state index in [2.05, 4.69) is 10.6 Å². The smallest absolute Gasteiger partial charge is 0.323 e. The lowest BCUT2D eigenvalue weighted by atomic mass is 10.2. The van der Waals surface area contributed by atoms with E-state index in [1.165, 1.54) is 6.07 Å². The Hall–Kier alpha value is -2.71. The minimum Gasteiger partial charge on any atom is -0.497 e. The molecule has 0 unspecified atom stereocenters. The van der Waals surface area contributed by atoms with Gasteiger partial charge in [-0.15, -0.1) is 0 Å². The standard InChI is InChI=1S/C15H12ClN3O2/c1-21-12-5-3-11(4-6-12)18-15(20)19-14-8-10(9-17)2-7-13(14)16/h2-8H,1H3,(H2,18,19,20). The Labute approximate surface area is 127 Å². The molecule has 0 fully saturated rings. The molecular formula is C15H12ClN3O2. The first-order valence-corrected chi connectivity index (χ1v) is 6.42. The number of benzene rings is 2. The Bertz CT molecular complexity index is 693. The number of nitrogens with one attached hydrogen (secondary N) is 2. The summed E-state index contributed by atoms with van der Waals surface area (Å²) in [7, 11) is 1.57. The van der Waals surface area contributed by atoms with E-state index < -0.39 is 6.03 Å². The van der Waals surface area contributed by atoms with Gasteiger partial charge >= 0.3 is 6.03 Å². The number of carbonyl (C=O) groups excluding carboxylic acids is 1. The van der Waals surface area contributed by atoms with E-state index >= 15 is 0 Å². The van der Waals surface area contributed by atoms with Crippen LogP contribution in [0, 0.1) is 11.3 Å². The molecule has 0 spiro atoms. The molecule has 0 atom stereocenters. The SMILES string of the molecule is COc1ccc(NC(=O)Nc2cc(C#N)ccc2Cl)cc1. The number of anilines is 2. The zero-order valence-corrected chi connectivity index (χ0v) is 11.9. The highest BCUT2D eigenvalue weighted by molar-refractivity contribution is 6.33. The summed E-state index contributed by atoms with van der Waals surface area (Å²) in [6.45, 7) is 0. The molecule has 0 radical (unpaired) electrons. The van der Waals surface area contributed by atoms with Crippen LogP contribution in [0.25, 0.3) is 0 Å². The van der Waals surface area contributed by atoms with Gasteiger partial charge in [-0.1, -0.05) is 11.6 Å². The Balaban J connectivity index is 2.06. The molecule has 2 rings (SSSR count). The van der Waals surface area contributed by atoms with Crippen molar-refractivity contribution < 1.29 is 9.53 Å². The molecule has 2 amide bonds. The zero-order chi connectivity index (χ0) is 15.2. The van der Waals surface area contributed by atoms with Crippen molar-refractivity contribution in [1.29, 1.82) is 5.26 Å². The number of rotatable bonds is 3. The van der Waals surface area contributed by atoms with Gasteiger partial charge in [-0.05, 0) is 42.5 Å². The Kier molecular flexibility index (Phi) is 4.64. The average molecular weight is 302 g/mol. The minimum atomic E-state index is -0.447. The van der Waals surface area contributed by atoms with Crippen LogP contribution >= 0.6 is 11.6 Å². The van der Waals surface area contributed by atoms with Gasteiger partial charge in [0.15, 0.2) is 0 Å². The fraction of sp³-hybridized carbons (Fsp3) is 0.0667. The predicted molar refractivity (Wildman–Crippen MR) is 81.8 cm³/mol. The molecular weight excluding hydrogens is 290 g/mol. The average Bonchev–Trinajstić information content (AvgIpc) is 2.50. The largest absolute Gasteiger partial charge is 0.497 e. The van der Waals surface area contributed by atoms with Crippen LogP contribution in [0.15, 0.2) is 42.5 Å². The number of urea groups is 1. The van der Waals surface area contributed by atoms with Crippen LogP contribution in [0.5, 0.6) is 5.75 Å². The summed E-state index contributed by atoms with van der Waals surface area (Å²) < 4.78 is 5.03. The molecule has 2 aromatic carbocycles. The summed E-state index contributed by atoms with van der Waals surface area (Å²) in [5.74, 6) is 0.700. The van der Waals surface area contributed by atoms with Gasteiger partial charge in [-0.2, -0.15) is 5.26 Å². The topological polar surface area (TPSA) is 74.2 Å². The summed E-state index contributed by atoms with van der Waals surface area (Å²) in [6, 6.07) is 13.1. The van der Waals surface area contributed by atoms with Crippen LogP contribution in [0.2, 0.25) is 5.02 Å². The van der Waals surface area contributed by atoms with Gasteiger partial charge in [0.25, 0.3) is 0 Å². The molecule has 0 aliphatic carbocycles. The van der Waals surface area contributed by atoms with Gasteiger partial charge in [0.05, 0.1) is 29.5 Å². The fourth-order valence-corrected chi connectivity index (χ4v) is 1.81. The van der Waals surface area contributed by atoms with Gasteiger partial charge in [0.2, 0.25) is 0 Å². The van der Waals surface area contributed by atoms with Crippen molar-refractivity contribution in [3.8, 4) is 11.8 Å². The van der Waals surface area contributed by atoms with E-state index in [1.807, 2.05) is 6.07 Å². The molecule has 0 aliphatic heterocycles. The van der Waals surface area contributed by atoms with Crippen LogP contribution in [-0.2, 0) is 0 Å². The van der Waals surface area contributed by atoms with Crippen molar-refractivity contribution >= 4 is 29.0 Å². The highest BCUT2D eigenvalue weighted by Crippen LogP contribution is 2.23. The lowest BCUT2D eigenvalue weighted by Gasteiger charge is -2.09. The van der Waals surface area contributed by atoms with Crippen LogP contribution in [0.4, 0.5) is 16.2 Å². The van der Waals surface area contributed by atoms with Crippen molar-refractivity contribution in [2.24, 2.45) is 0 Å². The Morgan fingerprint density at radius 1 is 1.19 bits per heavy atom. The number of amides is 2. The van der Waals surface area contributed by atoms with Crippen molar-refractivity contribution in [2.45, 2.75) is 0 Å². The maximum atomic E-state index is 11.9. The maximum Gasteiger partial charge on any atom is 0.323 e. The molecule has 0 aliphatic rings. The second-order valence-electron chi connectivity index (χ2n) is 4.11. The lowest BCUT2D eigenvalue weighted by molar-refractivity contribution is 0.262. The van der Waals surface area contributed by atoms with E-state index in [-0.39, 0.29) is 0 Å². The van der Waals surface area contributed by atoms with E-state index in [0.29, 0.717) is 27.7 Å². The van der Waals surface area contributed by atoms with Crippen molar-refractivity contribution in [1.82, 2.24) is 0 Å². The summed E-state index contributed by atoms with van der Waals surface area (Å²) in [5, 5.41) is 14.5. The Morgan fingerprint density at radius 3 is 2.52 bits per heavy atom. The van der Waals surface area contributed by atoms with Crippen LogP contribution in [0.1, 0.15) is 5.56 Å². The van der Waals surface area contributed by atoms with Gasteiger partial charge in [0.1, 0.15) is 5.75 Å². The molecule has 21 heavy (non-hydrogen) atoms. The third-order valence-electron chi connectivity index (χ3n) is 2.69. The number of halogens is 1. The lowest BCUT2D eigenvalue weighted by Crippen LogP contribution is -2.19. The van der Waals surface area contributed by atoms with E-state index in [1.54, 1.807) is 43.5 Å². The first kappa shape index (κ1) is 14.7. The van der Waals surface area contributed by atoms with Crippen LogP contribution in [0.3, 0.4) is 0 Å². The van der Waals surface area contributed by atoms with E-state index in [4.69, 9.17) is 21.6 Å². The monoisotopic (exact) mass is 301 g/mol. The third-order valence-corrected chi connectivity index (χ3v) is 3.02. The molecule has 0 heterocycles. The highest BCUT2D eigenvalue weighted by Gasteiger charge is 2.07. The molecule has 2 aromatic rings. The quantitative estimate of drug-likeness (QED) is 0.904. The number of nitrogens with zero attached hydrogens (tertiary/aromatic N) is 1. The number of ether oxygens (including phenoxy) is 1. The molecule has 0 saturated heterocycles. The minimum absolute atomic E-state index is 0.360. The Morgan fingerprint density at radius 2 is 1.90 bits per heavy atom. The molecule has 6 heteroatoms. The third kappa shape index (κ3) is 3.88. The summed E-state index contributed by atoms with van der Waals surface area (Å²) in [6.07, 6.45) is 0. The number of carbonyl (C=O) groups is 1.